The van der Waals surface area contributed by atoms with Gasteiger partial charge in [0, 0.05) is 17.5 Å². The van der Waals surface area contributed by atoms with E-state index >= 15 is 0 Å². The molecular weight excluding hydrogens is 620 g/mol. The van der Waals surface area contributed by atoms with E-state index in [-0.39, 0.29) is 28.0 Å². The number of carbonyl (C=O) groups excluding carboxylic acids is 3. The number of aliphatic hydroxyl groups is 1. The summed E-state index contributed by atoms with van der Waals surface area (Å²) in [5.41, 5.74) is 0.982. The van der Waals surface area contributed by atoms with Crippen LogP contribution in [-0.2, 0) is 18.9 Å². The lowest BCUT2D eigenvalue weighted by Gasteiger charge is -2.42. The van der Waals surface area contributed by atoms with Gasteiger partial charge in [0.2, 0.25) is 12.4 Å². The predicted molar refractivity (Wildman–Crippen MR) is 171 cm³/mol. The minimum absolute atomic E-state index is 0.145. The summed E-state index contributed by atoms with van der Waals surface area (Å²) in [6.07, 6.45) is -7.54. The van der Waals surface area contributed by atoms with Crippen molar-refractivity contribution < 1.29 is 47.6 Å². The normalized spacial score (nSPS) is 20.4. The highest BCUT2D eigenvalue weighted by Crippen LogP contribution is 2.31. The third-order valence-corrected chi connectivity index (χ3v) is 7.69. The van der Waals surface area contributed by atoms with Gasteiger partial charge >= 0.3 is 23.5 Å². The van der Waals surface area contributed by atoms with Gasteiger partial charge in [-0.05, 0) is 61.0 Å². The zero-order valence-corrected chi connectivity index (χ0v) is 25.6. The molecular formula is C37H30O11. The summed E-state index contributed by atoms with van der Waals surface area (Å²) in [5, 5.41) is 12.2. The molecule has 5 aromatic rings. The van der Waals surface area contributed by atoms with E-state index in [2.05, 4.69) is 0 Å². The number of rotatable bonds is 9. The highest BCUT2D eigenvalue weighted by atomic mass is 16.7. The monoisotopic (exact) mass is 650 g/mol. The number of fused-ring (bicyclic) bond motifs is 1. The number of benzene rings is 4. The molecule has 0 unspecified atom stereocenters. The fourth-order valence-corrected chi connectivity index (χ4v) is 5.24. The molecule has 1 saturated heterocycles. The Kier molecular flexibility index (Phi) is 9.60. The lowest BCUT2D eigenvalue weighted by molar-refractivity contribution is -0.275. The number of aryl methyl sites for hydroxylation is 1. The maximum Gasteiger partial charge on any atom is 0.338 e. The molecule has 1 N–H and O–H groups in total. The first-order chi connectivity index (χ1) is 23.3. The highest BCUT2D eigenvalue weighted by Gasteiger charge is 2.51. The van der Waals surface area contributed by atoms with E-state index in [9.17, 15) is 24.3 Å². The Morgan fingerprint density at radius 3 is 1.83 bits per heavy atom. The van der Waals surface area contributed by atoms with E-state index in [1.165, 1.54) is 36.4 Å². The Balaban J connectivity index is 1.35. The topological polar surface area (TPSA) is 148 Å². The smallest absolute Gasteiger partial charge is 0.338 e. The molecule has 48 heavy (non-hydrogen) atoms. The molecule has 0 spiro atoms. The average Bonchev–Trinajstić information content (AvgIpc) is 3.11. The SMILES string of the molecule is Cc1cc(=O)oc2cc(O[C@H]3O[C@H](COC(=O)c4ccccc4)[C@H](O)[C@@H](OC(=O)c4ccccc4)[C@@H]3OC(=O)c3ccccc3)ccc12. The minimum Gasteiger partial charge on any atom is -0.461 e. The zero-order valence-electron chi connectivity index (χ0n) is 25.6. The molecule has 1 aromatic heterocycles. The van der Waals surface area contributed by atoms with Crippen LogP contribution in [0.5, 0.6) is 5.75 Å². The first kappa shape index (κ1) is 32.2. The van der Waals surface area contributed by atoms with Gasteiger partial charge in [-0.3, -0.25) is 0 Å². The summed E-state index contributed by atoms with van der Waals surface area (Å²) in [7, 11) is 0. The van der Waals surface area contributed by atoms with Crippen LogP contribution in [0.4, 0.5) is 0 Å². The largest absolute Gasteiger partial charge is 0.461 e. The maximum absolute atomic E-state index is 13.3. The Morgan fingerprint density at radius 1 is 0.708 bits per heavy atom. The second-order valence-corrected chi connectivity index (χ2v) is 11.0. The summed E-state index contributed by atoms with van der Waals surface area (Å²) < 4.78 is 34.8. The van der Waals surface area contributed by atoms with Crippen LogP contribution >= 0.6 is 0 Å². The number of hydrogen-bond donors (Lipinski definition) is 1. The van der Waals surface area contributed by atoms with Crippen molar-refractivity contribution in [2.75, 3.05) is 6.61 Å². The Labute approximate surface area is 274 Å². The van der Waals surface area contributed by atoms with Gasteiger partial charge in [0.1, 0.15) is 30.1 Å². The molecule has 0 aliphatic carbocycles. The molecule has 11 heteroatoms. The fourth-order valence-electron chi connectivity index (χ4n) is 5.24. The average molecular weight is 651 g/mol. The summed E-state index contributed by atoms with van der Waals surface area (Å²) >= 11 is 0. The van der Waals surface area contributed by atoms with Crippen LogP contribution in [0.15, 0.2) is 124 Å². The maximum atomic E-state index is 13.3. The molecule has 0 bridgehead atoms. The lowest BCUT2D eigenvalue weighted by Crippen LogP contribution is -2.62. The van der Waals surface area contributed by atoms with Crippen molar-refractivity contribution in [3.05, 3.63) is 148 Å². The molecule has 5 atom stereocenters. The van der Waals surface area contributed by atoms with E-state index in [1.807, 2.05) is 0 Å². The summed E-state index contributed by atoms with van der Waals surface area (Å²) in [4.78, 5) is 51.5. The summed E-state index contributed by atoms with van der Waals surface area (Å²) in [6, 6.07) is 30.4. The third-order valence-electron chi connectivity index (χ3n) is 7.69. The molecule has 244 valence electrons. The van der Waals surface area contributed by atoms with Gasteiger partial charge in [-0.15, -0.1) is 0 Å². The van der Waals surface area contributed by atoms with Gasteiger partial charge in [0.25, 0.3) is 0 Å². The Hall–Kier alpha value is -5.78. The minimum atomic E-state index is -1.65. The number of esters is 3. The van der Waals surface area contributed by atoms with Crippen molar-refractivity contribution in [3.8, 4) is 5.75 Å². The van der Waals surface area contributed by atoms with Gasteiger partial charge < -0.3 is 33.2 Å². The van der Waals surface area contributed by atoms with Gasteiger partial charge in [0.05, 0.1) is 16.7 Å². The zero-order chi connectivity index (χ0) is 33.6. The number of ether oxygens (including phenoxy) is 5. The molecule has 1 aliphatic heterocycles. The molecule has 2 heterocycles. The van der Waals surface area contributed by atoms with Crippen LogP contribution < -0.4 is 10.4 Å². The molecule has 1 fully saturated rings. The van der Waals surface area contributed by atoms with Crippen LogP contribution in [0.2, 0.25) is 0 Å². The van der Waals surface area contributed by atoms with Gasteiger partial charge in [-0.25, -0.2) is 19.2 Å². The Bertz CT molecular complexity index is 1960. The number of hydrogen-bond acceptors (Lipinski definition) is 11. The second kappa shape index (κ2) is 14.3. The van der Waals surface area contributed by atoms with Crippen LogP contribution in [0.25, 0.3) is 11.0 Å². The van der Waals surface area contributed by atoms with Gasteiger partial charge in [-0.1, -0.05) is 54.6 Å². The molecule has 6 rings (SSSR count). The van der Waals surface area contributed by atoms with Crippen LogP contribution in [0, 0.1) is 6.92 Å². The van der Waals surface area contributed by atoms with E-state index in [1.54, 1.807) is 85.8 Å². The lowest BCUT2D eigenvalue weighted by atomic mass is 9.98. The van der Waals surface area contributed by atoms with Crippen LogP contribution in [0.3, 0.4) is 0 Å². The van der Waals surface area contributed by atoms with Gasteiger partial charge in [-0.2, -0.15) is 0 Å². The summed E-state index contributed by atoms with van der Waals surface area (Å²) in [6.45, 7) is 1.29. The van der Waals surface area contributed by atoms with E-state index in [0.717, 1.165) is 0 Å². The highest BCUT2D eigenvalue weighted by molar-refractivity contribution is 5.91. The number of carbonyl (C=O) groups is 3. The van der Waals surface area contributed by atoms with Crippen molar-refractivity contribution in [3.63, 3.8) is 0 Å². The van der Waals surface area contributed by atoms with Gasteiger partial charge in [0.15, 0.2) is 6.10 Å². The number of aliphatic hydroxyl groups excluding tert-OH is 1. The van der Waals surface area contributed by atoms with E-state index in [0.29, 0.717) is 10.9 Å². The fraction of sp³-hybridized carbons (Fsp3) is 0.189. The van der Waals surface area contributed by atoms with E-state index < -0.39 is 60.8 Å². The van der Waals surface area contributed by atoms with Crippen molar-refractivity contribution >= 4 is 28.9 Å². The molecule has 1 aliphatic rings. The predicted octanol–water partition coefficient (Wildman–Crippen LogP) is 4.87. The van der Waals surface area contributed by atoms with Crippen molar-refractivity contribution in [1.82, 2.24) is 0 Å². The van der Waals surface area contributed by atoms with E-state index in [4.69, 9.17) is 28.1 Å². The molecule has 11 nitrogen and oxygen atoms in total. The summed E-state index contributed by atoms with van der Waals surface area (Å²) in [5.74, 6) is -2.16. The Morgan fingerprint density at radius 2 is 1.25 bits per heavy atom. The molecule has 0 saturated carbocycles. The molecule has 0 amide bonds. The quantitative estimate of drug-likeness (QED) is 0.132. The van der Waals surface area contributed by atoms with Crippen LogP contribution in [0.1, 0.15) is 36.6 Å². The first-order valence-electron chi connectivity index (χ1n) is 15.1. The first-order valence-corrected chi connectivity index (χ1v) is 15.1. The second-order valence-electron chi connectivity index (χ2n) is 11.0. The molecule has 4 aromatic carbocycles. The van der Waals surface area contributed by atoms with Crippen molar-refractivity contribution in [2.24, 2.45) is 0 Å². The van der Waals surface area contributed by atoms with Crippen molar-refractivity contribution in [1.29, 1.82) is 0 Å². The van der Waals surface area contributed by atoms with Crippen molar-refractivity contribution in [2.45, 2.75) is 37.6 Å². The molecule has 0 radical (unpaired) electrons. The third kappa shape index (κ3) is 7.27. The van der Waals surface area contributed by atoms with Crippen LogP contribution in [-0.4, -0.2) is 60.3 Å². The standard InChI is InChI=1S/C37H30O11/c1-22-19-30(38)45-28-20-26(17-18-27(22)28)44-37-33(48-36(42)25-15-9-4-10-16-25)32(47-35(41)24-13-7-3-8-14-24)31(39)29(46-37)21-43-34(40)23-11-5-2-6-12-23/h2-20,29,31-33,37,39H,21H2,1H3/t29-,31+,32-,33+,37+/m1/s1.